The first kappa shape index (κ1) is 15.9. The first-order valence-corrected chi connectivity index (χ1v) is 7.51. The Kier molecular flexibility index (Phi) is 4.37. The highest BCUT2D eigenvalue weighted by atomic mass is 16.5. The van der Waals surface area contributed by atoms with Crippen molar-refractivity contribution in [3.05, 3.63) is 54.1 Å². The minimum Gasteiger partial charge on any atom is -0.497 e. The Bertz CT molecular complexity index is 756. The van der Waals surface area contributed by atoms with Gasteiger partial charge in [-0.15, -0.1) is 0 Å². The van der Waals surface area contributed by atoms with Crippen molar-refractivity contribution < 1.29 is 24.2 Å². The maximum Gasteiger partial charge on any atom is 0.305 e. The summed E-state index contributed by atoms with van der Waals surface area (Å²) >= 11 is 0. The smallest absolute Gasteiger partial charge is 0.305 e. The number of nitrogens with zero attached hydrogens (tertiary/aromatic N) is 1. The number of benzene rings is 2. The third-order valence-corrected chi connectivity index (χ3v) is 3.89. The number of anilines is 1. The van der Waals surface area contributed by atoms with Crippen molar-refractivity contribution in [3.8, 4) is 11.5 Å². The number of ether oxygens (including phenoxy) is 2. The Hall–Kier alpha value is -3.02. The second kappa shape index (κ2) is 6.62. The summed E-state index contributed by atoms with van der Waals surface area (Å²) in [5.41, 5.74) is 1.04. The van der Waals surface area contributed by atoms with E-state index < -0.39 is 12.0 Å². The van der Waals surface area contributed by atoms with Gasteiger partial charge in [-0.3, -0.25) is 14.5 Å². The highest BCUT2D eigenvalue weighted by Gasteiger charge is 2.34. The van der Waals surface area contributed by atoms with Gasteiger partial charge in [0.05, 0.1) is 25.3 Å². The van der Waals surface area contributed by atoms with E-state index in [4.69, 9.17) is 14.6 Å². The number of carboxylic acids is 1. The van der Waals surface area contributed by atoms with Gasteiger partial charge < -0.3 is 14.6 Å². The van der Waals surface area contributed by atoms with Crippen molar-refractivity contribution >= 4 is 17.6 Å². The van der Waals surface area contributed by atoms with Gasteiger partial charge in [-0.05, 0) is 36.4 Å². The second-order valence-corrected chi connectivity index (χ2v) is 5.43. The molecule has 0 aromatic heterocycles. The average molecular weight is 327 g/mol. The van der Waals surface area contributed by atoms with Gasteiger partial charge in [-0.2, -0.15) is 0 Å². The summed E-state index contributed by atoms with van der Waals surface area (Å²) in [5.74, 6) is -0.0211. The van der Waals surface area contributed by atoms with Crippen LogP contribution in [0.3, 0.4) is 0 Å². The van der Waals surface area contributed by atoms with Gasteiger partial charge in [0.25, 0.3) is 5.91 Å². The highest BCUT2D eigenvalue weighted by Crippen LogP contribution is 2.35. The minimum absolute atomic E-state index is 0.144. The molecular formula is C18H17NO5. The highest BCUT2D eigenvalue weighted by molar-refractivity contribution is 6.08. The normalized spacial score (nSPS) is 16.0. The Morgan fingerprint density at radius 3 is 2.58 bits per heavy atom. The third-order valence-electron chi connectivity index (χ3n) is 3.89. The first-order chi connectivity index (χ1) is 11.6. The quantitative estimate of drug-likeness (QED) is 0.934. The van der Waals surface area contributed by atoms with Crippen LogP contribution < -0.4 is 14.4 Å². The van der Waals surface area contributed by atoms with Gasteiger partial charge in [0.15, 0.2) is 0 Å². The molecule has 0 fully saturated rings. The predicted molar refractivity (Wildman–Crippen MR) is 87.8 cm³/mol. The molecule has 2 aromatic rings. The van der Waals surface area contributed by atoms with E-state index in [1.807, 2.05) is 6.07 Å². The molecule has 1 heterocycles. The molecule has 24 heavy (non-hydrogen) atoms. The second-order valence-electron chi connectivity index (χ2n) is 5.43. The number of amides is 1. The number of fused-ring (bicyclic) bond motifs is 1. The first-order valence-electron chi connectivity index (χ1n) is 7.51. The number of para-hydroxylation sites is 2. The summed E-state index contributed by atoms with van der Waals surface area (Å²) in [6.07, 6.45) is -0.184. The monoisotopic (exact) mass is 327 g/mol. The molecule has 1 atom stereocenters. The Labute approximate surface area is 139 Å². The number of hydrogen-bond acceptors (Lipinski definition) is 4. The molecule has 0 spiro atoms. The van der Waals surface area contributed by atoms with Crippen molar-refractivity contribution in [2.75, 3.05) is 18.6 Å². The maximum absolute atomic E-state index is 13.0. The zero-order valence-electron chi connectivity index (χ0n) is 13.1. The molecule has 1 aliphatic rings. The number of hydrogen-bond donors (Lipinski definition) is 1. The van der Waals surface area contributed by atoms with E-state index in [1.54, 1.807) is 49.6 Å². The summed E-state index contributed by atoms with van der Waals surface area (Å²) in [7, 11) is 1.55. The summed E-state index contributed by atoms with van der Waals surface area (Å²) in [6.45, 7) is 0.144. The van der Waals surface area contributed by atoms with Gasteiger partial charge in [0.1, 0.15) is 18.1 Å². The fourth-order valence-electron chi connectivity index (χ4n) is 2.74. The van der Waals surface area contributed by atoms with Crippen LogP contribution in [-0.2, 0) is 4.79 Å². The summed E-state index contributed by atoms with van der Waals surface area (Å²) < 4.78 is 10.7. The number of methoxy groups -OCH3 is 1. The fraction of sp³-hybridized carbons (Fsp3) is 0.222. The molecule has 6 heteroatoms. The van der Waals surface area contributed by atoms with Crippen LogP contribution in [0.5, 0.6) is 11.5 Å². The third kappa shape index (κ3) is 3.03. The van der Waals surface area contributed by atoms with E-state index in [0.29, 0.717) is 22.7 Å². The Morgan fingerprint density at radius 1 is 1.21 bits per heavy atom. The van der Waals surface area contributed by atoms with Crippen LogP contribution >= 0.6 is 0 Å². The summed E-state index contributed by atoms with van der Waals surface area (Å²) in [5, 5.41) is 9.14. The lowest BCUT2D eigenvalue weighted by Crippen LogP contribution is -2.47. The Morgan fingerprint density at radius 2 is 1.92 bits per heavy atom. The minimum atomic E-state index is -0.976. The van der Waals surface area contributed by atoms with E-state index in [2.05, 4.69) is 0 Å². The van der Waals surface area contributed by atoms with Crippen LogP contribution in [0, 0.1) is 0 Å². The van der Waals surface area contributed by atoms with Crippen molar-refractivity contribution in [2.45, 2.75) is 12.5 Å². The van der Waals surface area contributed by atoms with Crippen molar-refractivity contribution in [3.63, 3.8) is 0 Å². The van der Waals surface area contributed by atoms with Crippen LogP contribution in [0.4, 0.5) is 5.69 Å². The molecule has 0 saturated heterocycles. The molecule has 1 aliphatic heterocycles. The van der Waals surface area contributed by atoms with Crippen molar-refractivity contribution in [2.24, 2.45) is 0 Å². The van der Waals surface area contributed by atoms with E-state index in [0.717, 1.165) is 0 Å². The molecular weight excluding hydrogens is 310 g/mol. The standard InChI is InChI=1S/C18H17NO5/c1-23-14-8-6-12(7-9-14)18(22)19-13(10-17(20)21)11-24-16-5-3-2-4-15(16)19/h2-9,13H,10-11H2,1H3,(H,20,21)/t13-/m0/s1. The SMILES string of the molecule is COc1ccc(C(=O)N2c3ccccc3OC[C@@H]2CC(=O)O)cc1. The molecule has 0 saturated carbocycles. The number of carbonyl (C=O) groups is 2. The lowest BCUT2D eigenvalue weighted by atomic mass is 10.1. The van der Waals surface area contributed by atoms with Crippen LogP contribution in [0.1, 0.15) is 16.8 Å². The van der Waals surface area contributed by atoms with Crippen molar-refractivity contribution in [1.29, 1.82) is 0 Å². The largest absolute Gasteiger partial charge is 0.497 e. The molecule has 0 bridgehead atoms. The lowest BCUT2D eigenvalue weighted by Gasteiger charge is -2.36. The van der Waals surface area contributed by atoms with Crippen molar-refractivity contribution in [1.82, 2.24) is 0 Å². The van der Waals surface area contributed by atoms with Gasteiger partial charge in [-0.25, -0.2) is 0 Å². The number of carboxylic acid groups (broad SMARTS) is 1. The molecule has 0 unspecified atom stereocenters. The zero-order chi connectivity index (χ0) is 17.1. The van der Waals surface area contributed by atoms with Crippen LogP contribution in [-0.4, -0.2) is 36.7 Å². The van der Waals surface area contributed by atoms with Gasteiger partial charge in [-0.1, -0.05) is 12.1 Å². The lowest BCUT2D eigenvalue weighted by molar-refractivity contribution is -0.137. The van der Waals surface area contributed by atoms with E-state index >= 15 is 0 Å². The van der Waals surface area contributed by atoms with E-state index in [-0.39, 0.29) is 18.9 Å². The molecule has 3 rings (SSSR count). The summed E-state index contributed by atoms with van der Waals surface area (Å²) in [6, 6.07) is 13.3. The molecule has 1 amide bonds. The van der Waals surface area contributed by atoms with Gasteiger partial charge in [0.2, 0.25) is 0 Å². The maximum atomic E-state index is 13.0. The molecule has 124 valence electrons. The molecule has 1 N–H and O–H groups in total. The summed E-state index contributed by atoms with van der Waals surface area (Å²) in [4.78, 5) is 25.7. The van der Waals surface area contributed by atoms with E-state index in [9.17, 15) is 9.59 Å². The van der Waals surface area contributed by atoms with Crippen LogP contribution in [0.15, 0.2) is 48.5 Å². The van der Waals surface area contributed by atoms with Gasteiger partial charge in [0, 0.05) is 5.56 Å². The van der Waals surface area contributed by atoms with Crippen LogP contribution in [0.2, 0.25) is 0 Å². The molecule has 0 radical (unpaired) electrons. The molecule has 0 aliphatic carbocycles. The fourth-order valence-corrected chi connectivity index (χ4v) is 2.74. The Balaban J connectivity index is 1.98. The number of rotatable bonds is 4. The van der Waals surface area contributed by atoms with Crippen LogP contribution in [0.25, 0.3) is 0 Å². The number of carbonyl (C=O) groups excluding carboxylic acids is 1. The van der Waals surface area contributed by atoms with Gasteiger partial charge >= 0.3 is 5.97 Å². The zero-order valence-corrected chi connectivity index (χ0v) is 13.1. The molecule has 6 nitrogen and oxygen atoms in total. The van der Waals surface area contributed by atoms with E-state index in [1.165, 1.54) is 4.90 Å². The number of aliphatic carboxylic acids is 1. The predicted octanol–water partition coefficient (Wildman–Crippen LogP) is 2.58. The molecule has 2 aromatic carbocycles. The average Bonchev–Trinajstić information content (AvgIpc) is 2.60. The topological polar surface area (TPSA) is 76.1 Å².